The zero-order valence-electron chi connectivity index (χ0n) is 18.1. The fourth-order valence-corrected chi connectivity index (χ4v) is 1.96. The Morgan fingerprint density at radius 2 is 1.30 bits per heavy atom. The molecule has 0 aromatic carbocycles. The van der Waals surface area contributed by atoms with E-state index < -0.39 is 31.3 Å². The largest absolute Gasteiger partial charge is 0.394 e. The van der Waals surface area contributed by atoms with Gasteiger partial charge in [0, 0.05) is 19.5 Å². The Hall–Kier alpha value is -1.18. The number of ether oxygens (including phenoxy) is 4. The zero-order valence-corrected chi connectivity index (χ0v) is 18.1. The summed E-state index contributed by atoms with van der Waals surface area (Å²) in [6.45, 7) is 5.40. The third kappa shape index (κ3) is 18.8. The molecule has 0 aliphatic carbocycles. The summed E-state index contributed by atoms with van der Waals surface area (Å²) in [7, 11) is 0. The van der Waals surface area contributed by atoms with Crippen LogP contribution in [0.4, 0.5) is 0 Å². The second kappa shape index (κ2) is 24.1. The second-order valence-corrected chi connectivity index (χ2v) is 5.72. The van der Waals surface area contributed by atoms with Crippen LogP contribution in [0.25, 0.3) is 0 Å². The molecule has 4 N–H and O–H groups in total. The fraction of sp³-hybridized carbons (Fsp3) is 0.895. The van der Waals surface area contributed by atoms with Gasteiger partial charge in [-0.1, -0.05) is 13.8 Å². The molecule has 0 aliphatic rings. The van der Waals surface area contributed by atoms with E-state index in [2.05, 4.69) is 0 Å². The Kier molecular flexibility index (Phi) is 24.9. The molecule has 0 bridgehead atoms. The number of aliphatic hydroxyl groups excluding tert-OH is 4. The van der Waals surface area contributed by atoms with Gasteiger partial charge in [0.05, 0.1) is 72.2 Å². The van der Waals surface area contributed by atoms with Gasteiger partial charge in [0.1, 0.15) is 6.29 Å². The highest BCUT2D eigenvalue weighted by molar-refractivity contribution is 5.80. The number of aliphatic hydroxyl groups is 4. The van der Waals surface area contributed by atoms with Crippen molar-refractivity contribution < 1.29 is 49.0 Å². The monoisotopic (exact) mass is 441 g/mol. The molecule has 11 nitrogen and oxygen atoms in total. The smallest absolute Gasteiger partial charge is 0.253 e. The standard InChI is InChI=1S/C17H33NO10.C2H6/c19-3-1-4-25-6-8-27-10-11-28-9-7-26-5-2-18(12-15(22)13-20)17(24)16(23)14-21;1-2/h3,15-16,20-23H,1-2,4-14H2;1-2H3. The molecule has 1 amide bonds. The first-order valence-corrected chi connectivity index (χ1v) is 10.2. The lowest BCUT2D eigenvalue weighted by atomic mass is 10.2. The molecule has 0 saturated heterocycles. The van der Waals surface area contributed by atoms with Crippen molar-refractivity contribution in [1.29, 1.82) is 0 Å². The van der Waals surface area contributed by atoms with Crippen molar-refractivity contribution in [3.8, 4) is 0 Å². The van der Waals surface area contributed by atoms with E-state index in [1.807, 2.05) is 13.8 Å². The van der Waals surface area contributed by atoms with Crippen molar-refractivity contribution in [2.45, 2.75) is 32.5 Å². The highest BCUT2D eigenvalue weighted by Crippen LogP contribution is 1.99. The van der Waals surface area contributed by atoms with Gasteiger partial charge in [0.2, 0.25) is 0 Å². The van der Waals surface area contributed by atoms with Crippen LogP contribution in [-0.2, 0) is 28.5 Å². The van der Waals surface area contributed by atoms with Gasteiger partial charge < -0.3 is 49.1 Å². The van der Waals surface area contributed by atoms with Crippen LogP contribution >= 0.6 is 0 Å². The molecule has 0 spiro atoms. The van der Waals surface area contributed by atoms with Crippen molar-refractivity contribution in [2.24, 2.45) is 0 Å². The summed E-state index contributed by atoms with van der Waals surface area (Å²) in [6, 6.07) is 0. The summed E-state index contributed by atoms with van der Waals surface area (Å²) in [5, 5.41) is 36.6. The Balaban J connectivity index is 0. The molecule has 0 saturated carbocycles. The lowest BCUT2D eigenvalue weighted by Crippen LogP contribution is -2.46. The van der Waals surface area contributed by atoms with Gasteiger partial charge in [-0.25, -0.2) is 0 Å². The van der Waals surface area contributed by atoms with Crippen LogP contribution in [-0.4, -0.2) is 129 Å². The highest BCUT2D eigenvalue weighted by atomic mass is 16.6. The van der Waals surface area contributed by atoms with Gasteiger partial charge in [-0.2, -0.15) is 0 Å². The summed E-state index contributed by atoms with van der Waals surface area (Å²) in [5.74, 6) is -0.748. The number of carbonyl (C=O) groups excluding carboxylic acids is 2. The zero-order chi connectivity index (χ0) is 23.0. The van der Waals surface area contributed by atoms with Gasteiger partial charge in [0.15, 0.2) is 6.10 Å². The van der Waals surface area contributed by atoms with Crippen LogP contribution in [0.1, 0.15) is 20.3 Å². The number of rotatable bonds is 20. The van der Waals surface area contributed by atoms with E-state index in [1.165, 1.54) is 0 Å². The van der Waals surface area contributed by atoms with Gasteiger partial charge in [-0.15, -0.1) is 0 Å². The van der Waals surface area contributed by atoms with Crippen molar-refractivity contribution >= 4 is 12.2 Å². The molecule has 0 fully saturated rings. The molecular weight excluding hydrogens is 402 g/mol. The summed E-state index contributed by atoms with van der Waals surface area (Å²) in [5.41, 5.74) is 0. The first-order valence-electron chi connectivity index (χ1n) is 10.2. The van der Waals surface area contributed by atoms with Crippen molar-refractivity contribution in [1.82, 2.24) is 4.90 Å². The van der Waals surface area contributed by atoms with Gasteiger partial charge in [-0.05, 0) is 0 Å². The predicted molar refractivity (Wildman–Crippen MR) is 108 cm³/mol. The summed E-state index contributed by atoms with van der Waals surface area (Å²) in [6.07, 6.45) is -1.56. The summed E-state index contributed by atoms with van der Waals surface area (Å²) < 4.78 is 21.0. The van der Waals surface area contributed by atoms with Crippen LogP contribution in [0.15, 0.2) is 0 Å². The fourth-order valence-electron chi connectivity index (χ4n) is 1.96. The Morgan fingerprint density at radius 3 is 1.73 bits per heavy atom. The molecule has 0 rings (SSSR count). The maximum atomic E-state index is 11.9. The second-order valence-electron chi connectivity index (χ2n) is 5.72. The number of nitrogens with zero attached hydrogens (tertiary/aromatic N) is 1. The number of amides is 1. The number of hydrogen-bond acceptors (Lipinski definition) is 10. The van der Waals surface area contributed by atoms with Crippen molar-refractivity contribution in [3.63, 3.8) is 0 Å². The predicted octanol–water partition coefficient (Wildman–Crippen LogP) is -1.80. The van der Waals surface area contributed by atoms with E-state index >= 15 is 0 Å². The van der Waals surface area contributed by atoms with E-state index in [-0.39, 0.29) is 26.3 Å². The lowest BCUT2D eigenvalue weighted by molar-refractivity contribution is -0.144. The molecule has 0 aromatic heterocycles. The van der Waals surface area contributed by atoms with Gasteiger partial charge in [0.25, 0.3) is 5.91 Å². The van der Waals surface area contributed by atoms with E-state index in [9.17, 15) is 19.8 Å². The quantitative estimate of drug-likeness (QED) is 0.126. The lowest BCUT2D eigenvalue weighted by Gasteiger charge is -2.26. The summed E-state index contributed by atoms with van der Waals surface area (Å²) >= 11 is 0. The Labute approximate surface area is 178 Å². The first kappa shape index (κ1) is 31.0. The van der Waals surface area contributed by atoms with Crippen LogP contribution in [0.5, 0.6) is 0 Å². The maximum absolute atomic E-state index is 11.9. The van der Waals surface area contributed by atoms with E-state index in [0.717, 1.165) is 11.2 Å². The maximum Gasteiger partial charge on any atom is 0.253 e. The Bertz CT molecular complexity index is 386. The van der Waals surface area contributed by atoms with E-state index in [1.54, 1.807) is 0 Å². The number of aldehydes is 1. The van der Waals surface area contributed by atoms with Gasteiger partial charge >= 0.3 is 0 Å². The molecule has 30 heavy (non-hydrogen) atoms. The topological polar surface area (TPSA) is 155 Å². The SMILES string of the molecule is CC.O=CCCOCCOCCOCCOCCN(CC(O)CO)C(=O)C(O)CO. The average molecular weight is 442 g/mol. The molecule has 0 aromatic rings. The van der Waals surface area contributed by atoms with Crippen molar-refractivity contribution in [3.05, 3.63) is 0 Å². The van der Waals surface area contributed by atoms with Crippen molar-refractivity contribution in [2.75, 3.05) is 79.2 Å². The Morgan fingerprint density at radius 1 is 0.833 bits per heavy atom. The number of hydrogen-bond donors (Lipinski definition) is 4. The van der Waals surface area contributed by atoms with Crippen LogP contribution in [0, 0.1) is 0 Å². The molecule has 0 radical (unpaired) electrons. The molecule has 11 heteroatoms. The molecule has 0 heterocycles. The minimum absolute atomic E-state index is 0.0835. The molecule has 0 aliphatic heterocycles. The first-order chi connectivity index (χ1) is 14.6. The van der Waals surface area contributed by atoms with E-state index in [0.29, 0.717) is 46.1 Å². The third-order valence-electron chi connectivity index (χ3n) is 3.41. The van der Waals surface area contributed by atoms with Crippen LogP contribution in [0.2, 0.25) is 0 Å². The normalized spacial score (nSPS) is 12.6. The summed E-state index contributed by atoms with van der Waals surface area (Å²) in [4.78, 5) is 23.1. The average Bonchev–Trinajstić information content (AvgIpc) is 2.78. The van der Waals surface area contributed by atoms with Crippen LogP contribution in [0.3, 0.4) is 0 Å². The van der Waals surface area contributed by atoms with Gasteiger partial charge in [-0.3, -0.25) is 4.79 Å². The number of carbonyl (C=O) groups is 2. The third-order valence-corrected chi connectivity index (χ3v) is 3.41. The molecule has 2 atom stereocenters. The van der Waals surface area contributed by atoms with Crippen LogP contribution < -0.4 is 0 Å². The minimum Gasteiger partial charge on any atom is -0.394 e. The molecule has 2 unspecified atom stereocenters. The highest BCUT2D eigenvalue weighted by Gasteiger charge is 2.23. The molecular formula is C19H39NO10. The van der Waals surface area contributed by atoms with E-state index in [4.69, 9.17) is 29.2 Å². The molecule has 180 valence electrons. The minimum atomic E-state index is -1.58.